The fourth-order valence-corrected chi connectivity index (χ4v) is 1.81. The fraction of sp³-hybridized carbons (Fsp3) is 0.500. The van der Waals surface area contributed by atoms with E-state index in [1.807, 2.05) is 24.3 Å². The quantitative estimate of drug-likeness (QED) is 0.590. The molecule has 0 saturated heterocycles. The van der Waals surface area contributed by atoms with E-state index in [4.69, 9.17) is 9.47 Å². The minimum absolute atomic E-state index is 0.140. The first-order chi connectivity index (χ1) is 9.97. The van der Waals surface area contributed by atoms with Gasteiger partial charge in [0.15, 0.2) is 0 Å². The minimum atomic E-state index is -0.253. The van der Waals surface area contributed by atoms with Crippen molar-refractivity contribution in [3.63, 3.8) is 0 Å². The van der Waals surface area contributed by atoms with E-state index in [0.29, 0.717) is 5.92 Å². The molecule has 1 unspecified atom stereocenters. The highest BCUT2D eigenvalue weighted by atomic mass is 16.5. The molecule has 0 aliphatic heterocycles. The Morgan fingerprint density at radius 1 is 1.19 bits per heavy atom. The Kier molecular flexibility index (Phi) is 6.81. The third kappa shape index (κ3) is 5.51. The molecule has 0 aromatic heterocycles. The van der Waals surface area contributed by atoms with E-state index in [1.165, 1.54) is 7.11 Å². The van der Waals surface area contributed by atoms with Gasteiger partial charge in [-0.2, -0.15) is 0 Å². The van der Waals surface area contributed by atoms with Gasteiger partial charge in [-0.1, -0.05) is 31.9 Å². The first-order valence-electron chi connectivity index (χ1n) is 7.23. The molecule has 0 amide bonds. The number of rotatable bonds is 6. The van der Waals surface area contributed by atoms with Gasteiger partial charge in [-0.15, -0.1) is 5.92 Å². The van der Waals surface area contributed by atoms with E-state index in [-0.39, 0.29) is 24.4 Å². The number of carbonyl (C=O) groups is 1. The van der Waals surface area contributed by atoms with Gasteiger partial charge in [0.1, 0.15) is 5.75 Å². The summed E-state index contributed by atoms with van der Waals surface area (Å²) in [7, 11) is 1.39. The fourth-order valence-electron chi connectivity index (χ4n) is 1.81. The van der Waals surface area contributed by atoms with Crippen molar-refractivity contribution in [3.8, 4) is 17.6 Å². The number of ether oxygens (including phenoxy) is 2. The lowest BCUT2D eigenvalue weighted by molar-refractivity contribution is -0.140. The van der Waals surface area contributed by atoms with Crippen LogP contribution in [-0.4, -0.2) is 19.2 Å². The topological polar surface area (TPSA) is 35.5 Å². The zero-order chi connectivity index (χ0) is 15.8. The summed E-state index contributed by atoms with van der Waals surface area (Å²) in [6.45, 7) is 8.08. The summed E-state index contributed by atoms with van der Waals surface area (Å²) in [6.07, 6.45) is 0.428. The molecule has 0 aliphatic carbocycles. The van der Waals surface area contributed by atoms with Crippen LogP contribution in [0.15, 0.2) is 24.3 Å². The van der Waals surface area contributed by atoms with Gasteiger partial charge >= 0.3 is 5.97 Å². The van der Waals surface area contributed by atoms with Crippen LogP contribution < -0.4 is 4.74 Å². The lowest BCUT2D eigenvalue weighted by Gasteiger charge is -2.18. The predicted octanol–water partition coefficient (Wildman–Crippen LogP) is 3.78. The lowest BCUT2D eigenvalue weighted by Crippen LogP contribution is -2.18. The van der Waals surface area contributed by atoms with E-state index in [0.717, 1.165) is 11.3 Å². The third-order valence-corrected chi connectivity index (χ3v) is 3.46. The van der Waals surface area contributed by atoms with Crippen LogP contribution in [0.1, 0.15) is 45.6 Å². The summed E-state index contributed by atoms with van der Waals surface area (Å²) in [4.78, 5) is 11.4. The van der Waals surface area contributed by atoms with Crippen molar-refractivity contribution in [2.24, 2.45) is 5.92 Å². The van der Waals surface area contributed by atoms with Crippen molar-refractivity contribution in [1.29, 1.82) is 0 Å². The summed E-state index contributed by atoms with van der Waals surface area (Å²) < 4.78 is 10.6. The number of carbonyl (C=O) groups excluding carboxylic acids is 1. The average molecular weight is 288 g/mol. The molecule has 0 fully saturated rings. The van der Waals surface area contributed by atoms with Crippen LogP contribution in [0, 0.1) is 17.8 Å². The lowest BCUT2D eigenvalue weighted by atomic mass is 9.96. The van der Waals surface area contributed by atoms with Crippen molar-refractivity contribution in [3.05, 3.63) is 29.8 Å². The largest absolute Gasteiger partial charge is 0.490 e. The molecule has 0 aliphatic rings. The van der Waals surface area contributed by atoms with E-state index in [2.05, 4.69) is 32.6 Å². The molecule has 0 heterocycles. The molecule has 0 bridgehead atoms. The highest BCUT2D eigenvalue weighted by molar-refractivity contribution is 5.71. The second-order valence-electron chi connectivity index (χ2n) is 5.36. The van der Waals surface area contributed by atoms with E-state index in [9.17, 15) is 4.79 Å². The van der Waals surface area contributed by atoms with E-state index < -0.39 is 0 Å². The van der Waals surface area contributed by atoms with Crippen LogP contribution in [-0.2, 0) is 9.53 Å². The molecular formula is C18H24O3. The molecule has 114 valence electrons. The van der Waals surface area contributed by atoms with E-state index >= 15 is 0 Å². The van der Waals surface area contributed by atoms with Gasteiger partial charge in [0.25, 0.3) is 0 Å². The van der Waals surface area contributed by atoms with Crippen molar-refractivity contribution >= 4 is 5.97 Å². The van der Waals surface area contributed by atoms with Crippen LogP contribution in [0.4, 0.5) is 0 Å². The summed E-state index contributed by atoms with van der Waals surface area (Å²) in [5.41, 5.74) is 0.999. The van der Waals surface area contributed by atoms with Gasteiger partial charge < -0.3 is 9.47 Å². The molecule has 1 aromatic rings. The normalized spacial score (nSPS) is 13.0. The molecule has 0 saturated carbocycles. The van der Waals surface area contributed by atoms with Crippen molar-refractivity contribution in [2.75, 3.05) is 7.11 Å². The number of methoxy groups -OCH3 is 1. The zero-order valence-corrected chi connectivity index (χ0v) is 13.5. The second kappa shape index (κ2) is 8.36. The molecule has 0 radical (unpaired) electrons. The van der Waals surface area contributed by atoms with Gasteiger partial charge in [-0.3, -0.25) is 4.79 Å². The number of hydrogen-bond donors (Lipinski definition) is 0. The molecule has 2 atom stereocenters. The predicted molar refractivity (Wildman–Crippen MR) is 84.2 cm³/mol. The Balaban J connectivity index is 2.82. The monoisotopic (exact) mass is 288 g/mol. The molecular weight excluding hydrogens is 264 g/mol. The smallest absolute Gasteiger partial charge is 0.307 e. The molecule has 3 nitrogen and oxygen atoms in total. The van der Waals surface area contributed by atoms with Crippen LogP contribution in [0.5, 0.6) is 5.75 Å². The van der Waals surface area contributed by atoms with Crippen LogP contribution in [0.2, 0.25) is 0 Å². The maximum absolute atomic E-state index is 11.4. The third-order valence-electron chi connectivity index (χ3n) is 3.46. The molecule has 0 spiro atoms. The van der Waals surface area contributed by atoms with Gasteiger partial charge in [-0.25, -0.2) is 0 Å². The maximum Gasteiger partial charge on any atom is 0.307 e. The molecule has 1 rings (SSSR count). The second-order valence-corrected chi connectivity index (χ2v) is 5.36. The summed E-state index contributed by atoms with van der Waals surface area (Å²) in [5, 5.41) is 0. The van der Waals surface area contributed by atoms with Crippen LogP contribution >= 0.6 is 0 Å². The van der Waals surface area contributed by atoms with Gasteiger partial charge in [0.05, 0.1) is 25.6 Å². The highest BCUT2D eigenvalue weighted by Crippen LogP contribution is 2.23. The number of hydrogen-bond acceptors (Lipinski definition) is 3. The summed E-state index contributed by atoms with van der Waals surface area (Å²) >= 11 is 0. The Bertz CT molecular complexity index is 506. The van der Waals surface area contributed by atoms with Crippen molar-refractivity contribution in [1.82, 2.24) is 0 Å². The Morgan fingerprint density at radius 3 is 2.29 bits per heavy atom. The van der Waals surface area contributed by atoms with Crippen LogP contribution in [0.3, 0.4) is 0 Å². The molecule has 0 N–H and O–H groups in total. The van der Waals surface area contributed by atoms with Crippen molar-refractivity contribution in [2.45, 2.75) is 46.1 Å². The van der Waals surface area contributed by atoms with Gasteiger partial charge in [0.2, 0.25) is 0 Å². The summed E-state index contributed by atoms with van der Waals surface area (Å²) in [5.74, 6) is 6.82. The molecule has 1 aromatic carbocycles. The Hall–Kier alpha value is -1.95. The van der Waals surface area contributed by atoms with Crippen LogP contribution in [0.25, 0.3) is 0 Å². The first kappa shape index (κ1) is 17.1. The number of esters is 1. The Morgan fingerprint density at radius 2 is 1.81 bits per heavy atom. The maximum atomic E-state index is 11.4. The zero-order valence-electron chi connectivity index (χ0n) is 13.5. The summed E-state index contributed by atoms with van der Waals surface area (Å²) in [6, 6.07) is 7.77. The van der Waals surface area contributed by atoms with Gasteiger partial charge in [-0.05, 0) is 37.5 Å². The SMILES string of the molecule is CC#C[C@@H](CC(=O)OC)c1ccc(OC(C)C(C)C)cc1. The van der Waals surface area contributed by atoms with Crippen molar-refractivity contribution < 1.29 is 14.3 Å². The number of benzene rings is 1. The van der Waals surface area contributed by atoms with Gasteiger partial charge in [0, 0.05) is 0 Å². The van der Waals surface area contributed by atoms with E-state index in [1.54, 1.807) is 6.92 Å². The Labute approximate surface area is 127 Å². The minimum Gasteiger partial charge on any atom is -0.490 e. The first-order valence-corrected chi connectivity index (χ1v) is 7.23. The standard InChI is InChI=1S/C18H24O3/c1-6-7-16(12-18(19)20-5)15-8-10-17(11-9-15)21-14(4)13(2)3/h8-11,13-14,16H,12H2,1-5H3/t14?,16-/m0/s1. The molecule has 3 heteroatoms. The molecule has 21 heavy (non-hydrogen) atoms. The highest BCUT2D eigenvalue weighted by Gasteiger charge is 2.15. The average Bonchev–Trinajstić information content (AvgIpc) is 2.47.